The lowest BCUT2D eigenvalue weighted by Gasteiger charge is -2.24. The summed E-state index contributed by atoms with van der Waals surface area (Å²) in [7, 11) is 1.97. The Labute approximate surface area is 92.1 Å². The minimum atomic E-state index is 0.761. The molecule has 2 heteroatoms. The molecule has 1 heterocycles. The lowest BCUT2D eigenvalue weighted by molar-refractivity contribution is 0.459. The zero-order valence-electron chi connectivity index (χ0n) is 9.64. The summed E-state index contributed by atoms with van der Waals surface area (Å²) >= 11 is 0. The summed E-state index contributed by atoms with van der Waals surface area (Å²) in [4.78, 5) is 0. The van der Waals surface area contributed by atoms with Crippen molar-refractivity contribution in [2.24, 2.45) is 0 Å². The number of aryl methyl sites for hydroxylation is 1. The molecule has 15 heavy (non-hydrogen) atoms. The first-order chi connectivity index (χ1) is 7.31. The Hall–Kier alpha value is -1.02. The Morgan fingerprint density at radius 3 is 2.60 bits per heavy atom. The standard InChI is InChI=1S/C13H20N2/c1-10-9-12(14-2)3-4-13(10)11-5-7-15-8-6-11/h3-4,9,11,14-15H,5-8H2,1-2H3. The fourth-order valence-corrected chi connectivity index (χ4v) is 2.42. The fourth-order valence-electron chi connectivity index (χ4n) is 2.42. The molecule has 2 rings (SSSR count). The van der Waals surface area contributed by atoms with Crippen molar-refractivity contribution in [3.05, 3.63) is 29.3 Å². The maximum Gasteiger partial charge on any atom is 0.0340 e. The van der Waals surface area contributed by atoms with Crippen molar-refractivity contribution in [3.63, 3.8) is 0 Å². The normalized spacial score (nSPS) is 17.7. The molecule has 0 aliphatic carbocycles. The van der Waals surface area contributed by atoms with E-state index in [-0.39, 0.29) is 0 Å². The average molecular weight is 204 g/mol. The van der Waals surface area contributed by atoms with E-state index >= 15 is 0 Å². The van der Waals surface area contributed by atoms with Crippen molar-refractivity contribution in [3.8, 4) is 0 Å². The van der Waals surface area contributed by atoms with E-state index in [1.165, 1.54) is 29.7 Å². The highest BCUT2D eigenvalue weighted by Gasteiger charge is 2.16. The van der Waals surface area contributed by atoms with Crippen LogP contribution in [0.5, 0.6) is 0 Å². The maximum absolute atomic E-state index is 3.41. The van der Waals surface area contributed by atoms with Crippen LogP contribution in [-0.2, 0) is 0 Å². The number of benzene rings is 1. The third kappa shape index (κ3) is 2.32. The van der Waals surface area contributed by atoms with Gasteiger partial charge in [-0.2, -0.15) is 0 Å². The highest BCUT2D eigenvalue weighted by molar-refractivity contribution is 5.48. The third-order valence-electron chi connectivity index (χ3n) is 3.34. The van der Waals surface area contributed by atoms with Crippen LogP contribution in [0.25, 0.3) is 0 Å². The van der Waals surface area contributed by atoms with Crippen molar-refractivity contribution in [1.29, 1.82) is 0 Å². The van der Waals surface area contributed by atoms with Crippen molar-refractivity contribution in [1.82, 2.24) is 5.32 Å². The second-order valence-corrected chi connectivity index (χ2v) is 4.35. The molecule has 0 unspecified atom stereocenters. The van der Waals surface area contributed by atoms with Gasteiger partial charge in [-0.1, -0.05) is 6.07 Å². The number of anilines is 1. The van der Waals surface area contributed by atoms with E-state index < -0.39 is 0 Å². The molecule has 82 valence electrons. The molecule has 0 radical (unpaired) electrons. The molecule has 1 aliphatic heterocycles. The van der Waals surface area contributed by atoms with Gasteiger partial charge in [0, 0.05) is 12.7 Å². The lowest BCUT2D eigenvalue weighted by Crippen LogP contribution is -2.26. The first kappa shape index (κ1) is 10.5. The second kappa shape index (κ2) is 4.67. The van der Waals surface area contributed by atoms with Crippen LogP contribution in [0.15, 0.2) is 18.2 Å². The van der Waals surface area contributed by atoms with E-state index in [1.54, 1.807) is 0 Å². The van der Waals surface area contributed by atoms with E-state index in [0.717, 1.165) is 19.0 Å². The summed E-state index contributed by atoms with van der Waals surface area (Å²) in [6.07, 6.45) is 2.56. The molecule has 1 aliphatic rings. The van der Waals surface area contributed by atoms with Crippen LogP contribution in [0.2, 0.25) is 0 Å². The fraction of sp³-hybridized carbons (Fsp3) is 0.538. The van der Waals surface area contributed by atoms with Gasteiger partial charge in [0.1, 0.15) is 0 Å². The monoisotopic (exact) mass is 204 g/mol. The van der Waals surface area contributed by atoms with Gasteiger partial charge >= 0.3 is 0 Å². The average Bonchev–Trinajstić information content (AvgIpc) is 2.30. The lowest BCUT2D eigenvalue weighted by atomic mass is 9.87. The highest BCUT2D eigenvalue weighted by atomic mass is 14.9. The predicted molar refractivity (Wildman–Crippen MR) is 65.6 cm³/mol. The zero-order valence-corrected chi connectivity index (χ0v) is 9.64. The summed E-state index contributed by atoms with van der Waals surface area (Å²) < 4.78 is 0. The molecule has 0 aromatic heterocycles. The molecule has 1 fully saturated rings. The summed E-state index contributed by atoms with van der Waals surface area (Å²) in [5, 5.41) is 6.60. The summed E-state index contributed by atoms with van der Waals surface area (Å²) in [6, 6.07) is 6.72. The van der Waals surface area contributed by atoms with E-state index in [2.05, 4.69) is 35.8 Å². The van der Waals surface area contributed by atoms with Crippen LogP contribution in [0, 0.1) is 6.92 Å². The smallest absolute Gasteiger partial charge is 0.0340 e. The van der Waals surface area contributed by atoms with Crippen molar-refractivity contribution >= 4 is 5.69 Å². The molecule has 2 N–H and O–H groups in total. The Morgan fingerprint density at radius 1 is 1.27 bits per heavy atom. The Balaban J connectivity index is 2.19. The van der Waals surface area contributed by atoms with E-state index in [0.29, 0.717) is 0 Å². The van der Waals surface area contributed by atoms with Gasteiger partial charge < -0.3 is 10.6 Å². The van der Waals surface area contributed by atoms with E-state index in [4.69, 9.17) is 0 Å². The van der Waals surface area contributed by atoms with E-state index in [1.807, 2.05) is 7.05 Å². The van der Waals surface area contributed by atoms with Gasteiger partial charge in [0.05, 0.1) is 0 Å². The van der Waals surface area contributed by atoms with Gasteiger partial charge in [0.25, 0.3) is 0 Å². The molecule has 1 aromatic rings. The van der Waals surface area contributed by atoms with Crippen LogP contribution in [-0.4, -0.2) is 20.1 Å². The number of hydrogen-bond donors (Lipinski definition) is 2. The van der Waals surface area contributed by atoms with Crippen LogP contribution in [0.1, 0.15) is 29.9 Å². The quantitative estimate of drug-likeness (QED) is 0.773. The first-order valence-electron chi connectivity index (χ1n) is 5.80. The number of piperidine rings is 1. The topological polar surface area (TPSA) is 24.1 Å². The minimum Gasteiger partial charge on any atom is -0.388 e. The Morgan fingerprint density at radius 2 is 2.00 bits per heavy atom. The molecule has 0 spiro atoms. The SMILES string of the molecule is CNc1ccc(C2CCNCC2)c(C)c1. The summed E-state index contributed by atoms with van der Waals surface area (Å²) in [5.41, 5.74) is 4.18. The van der Waals surface area contributed by atoms with Gasteiger partial charge in [-0.25, -0.2) is 0 Å². The van der Waals surface area contributed by atoms with Gasteiger partial charge in [-0.3, -0.25) is 0 Å². The molecule has 0 bridgehead atoms. The molecule has 0 saturated carbocycles. The molecule has 1 aromatic carbocycles. The zero-order chi connectivity index (χ0) is 10.7. The van der Waals surface area contributed by atoms with Crippen LogP contribution in [0.4, 0.5) is 5.69 Å². The molecular weight excluding hydrogens is 184 g/mol. The second-order valence-electron chi connectivity index (χ2n) is 4.35. The Kier molecular flexibility index (Phi) is 3.27. The van der Waals surface area contributed by atoms with Crippen molar-refractivity contribution in [2.45, 2.75) is 25.7 Å². The number of rotatable bonds is 2. The van der Waals surface area contributed by atoms with Crippen LogP contribution < -0.4 is 10.6 Å². The van der Waals surface area contributed by atoms with Gasteiger partial charge in [0.15, 0.2) is 0 Å². The van der Waals surface area contributed by atoms with Crippen LogP contribution >= 0.6 is 0 Å². The maximum atomic E-state index is 3.41. The van der Waals surface area contributed by atoms with Gasteiger partial charge in [0.2, 0.25) is 0 Å². The molecule has 1 saturated heterocycles. The predicted octanol–water partition coefficient (Wildman–Crippen LogP) is 2.50. The largest absolute Gasteiger partial charge is 0.388 e. The third-order valence-corrected chi connectivity index (χ3v) is 3.34. The molecule has 0 amide bonds. The number of hydrogen-bond acceptors (Lipinski definition) is 2. The Bertz CT molecular complexity index is 327. The molecular formula is C13H20N2. The highest BCUT2D eigenvalue weighted by Crippen LogP contribution is 2.29. The minimum absolute atomic E-state index is 0.761. The first-order valence-corrected chi connectivity index (χ1v) is 5.80. The number of nitrogens with one attached hydrogen (secondary N) is 2. The summed E-state index contributed by atoms with van der Waals surface area (Å²) in [6.45, 7) is 4.55. The van der Waals surface area contributed by atoms with E-state index in [9.17, 15) is 0 Å². The van der Waals surface area contributed by atoms with Crippen LogP contribution in [0.3, 0.4) is 0 Å². The van der Waals surface area contributed by atoms with Gasteiger partial charge in [-0.05, 0) is 62.0 Å². The summed E-state index contributed by atoms with van der Waals surface area (Å²) in [5.74, 6) is 0.761. The molecule has 0 atom stereocenters. The molecule has 2 nitrogen and oxygen atoms in total. The van der Waals surface area contributed by atoms with Crippen molar-refractivity contribution < 1.29 is 0 Å². The van der Waals surface area contributed by atoms with Crippen molar-refractivity contribution in [2.75, 3.05) is 25.5 Å². The van der Waals surface area contributed by atoms with Gasteiger partial charge in [-0.15, -0.1) is 0 Å².